The van der Waals surface area contributed by atoms with Gasteiger partial charge in [-0.15, -0.1) is 0 Å². The van der Waals surface area contributed by atoms with Gasteiger partial charge in [0.1, 0.15) is 0 Å². The highest BCUT2D eigenvalue weighted by molar-refractivity contribution is 6.42. The smallest absolute Gasteiger partial charge is 0.222 e. The molecule has 0 unspecified atom stereocenters. The maximum Gasteiger partial charge on any atom is 0.222 e. The maximum absolute atomic E-state index is 11.4. The van der Waals surface area contributed by atoms with E-state index >= 15 is 0 Å². The van der Waals surface area contributed by atoms with Crippen molar-refractivity contribution in [1.82, 2.24) is 4.90 Å². The Hall–Kier alpha value is -0.730. The van der Waals surface area contributed by atoms with Gasteiger partial charge in [-0.1, -0.05) is 29.3 Å². The number of carbonyl (C=O) groups excluding carboxylic acids is 1. The Morgan fingerprint density at radius 3 is 2.69 bits per heavy atom. The first-order valence-electron chi connectivity index (χ1n) is 5.38. The van der Waals surface area contributed by atoms with Crippen LogP contribution in [0.15, 0.2) is 18.2 Å². The summed E-state index contributed by atoms with van der Waals surface area (Å²) < 4.78 is 0. The summed E-state index contributed by atoms with van der Waals surface area (Å²) in [6.07, 6.45) is 2.52. The van der Waals surface area contributed by atoms with Crippen LogP contribution in [0.4, 0.5) is 0 Å². The molecule has 1 aliphatic heterocycles. The van der Waals surface area contributed by atoms with Gasteiger partial charge in [-0.05, 0) is 30.5 Å². The molecule has 0 saturated carbocycles. The fraction of sp³-hybridized carbons (Fsp3) is 0.417. The summed E-state index contributed by atoms with van der Waals surface area (Å²) >= 11 is 11.8. The molecule has 0 aliphatic carbocycles. The SMILES string of the molecule is O=C1CCCN1CCc1ccc(Cl)c(Cl)c1. The molecule has 1 fully saturated rings. The lowest BCUT2D eigenvalue weighted by atomic mass is 10.1. The van der Waals surface area contributed by atoms with Gasteiger partial charge < -0.3 is 4.90 Å². The Balaban J connectivity index is 1.94. The molecule has 0 radical (unpaired) electrons. The summed E-state index contributed by atoms with van der Waals surface area (Å²) in [5, 5.41) is 1.15. The third-order valence-electron chi connectivity index (χ3n) is 2.83. The van der Waals surface area contributed by atoms with E-state index in [4.69, 9.17) is 23.2 Å². The number of hydrogen-bond acceptors (Lipinski definition) is 1. The lowest BCUT2D eigenvalue weighted by Gasteiger charge is -2.15. The summed E-state index contributed by atoms with van der Waals surface area (Å²) in [4.78, 5) is 13.3. The minimum absolute atomic E-state index is 0.264. The molecule has 0 spiro atoms. The van der Waals surface area contributed by atoms with Crippen molar-refractivity contribution in [3.8, 4) is 0 Å². The molecule has 0 aromatic heterocycles. The number of amides is 1. The van der Waals surface area contributed by atoms with Crippen LogP contribution in [0.1, 0.15) is 18.4 Å². The lowest BCUT2D eigenvalue weighted by molar-refractivity contribution is -0.127. The maximum atomic E-state index is 11.4. The summed E-state index contributed by atoms with van der Waals surface area (Å²) in [7, 11) is 0. The number of benzene rings is 1. The number of halogens is 2. The van der Waals surface area contributed by atoms with Crippen LogP contribution in [0, 0.1) is 0 Å². The molecule has 16 heavy (non-hydrogen) atoms. The molecule has 1 aliphatic rings. The summed E-state index contributed by atoms with van der Waals surface area (Å²) in [5.41, 5.74) is 1.12. The van der Waals surface area contributed by atoms with E-state index in [2.05, 4.69) is 0 Å². The average molecular weight is 258 g/mol. The Labute approximate surface area is 105 Å². The van der Waals surface area contributed by atoms with Gasteiger partial charge in [-0.3, -0.25) is 4.79 Å². The number of hydrogen-bond donors (Lipinski definition) is 0. The minimum atomic E-state index is 0.264. The highest BCUT2D eigenvalue weighted by Crippen LogP contribution is 2.23. The first kappa shape index (κ1) is 11.7. The molecule has 0 atom stereocenters. The van der Waals surface area contributed by atoms with Crippen molar-refractivity contribution in [2.24, 2.45) is 0 Å². The van der Waals surface area contributed by atoms with Crippen LogP contribution < -0.4 is 0 Å². The van der Waals surface area contributed by atoms with E-state index < -0.39 is 0 Å². The minimum Gasteiger partial charge on any atom is -0.342 e. The highest BCUT2D eigenvalue weighted by Gasteiger charge is 2.19. The second-order valence-electron chi connectivity index (χ2n) is 3.98. The van der Waals surface area contributed by atoms with E-state index in [1.165, 1.54) is 0 Å². The molecule has 2 nitrogen and oxygen atoms in total. The quantitative estimate of drug-likeness (QED) is 0.815. The van der Waals surface area contributed by atoms with Crippen LogP contribution in [0.3, 0.4) is 0 Å². The van der Waals surface area contributed by atoms with Crippen LogP contribution in [0.25, 0.3) is 0 Å². The number of rotatable bonds is 3. The van der Waals surface area contributed by atoms with E-state index in [1.54, 1.807) is 6.07 Å². The van der Waals surface area contributed by atoms with E-state index in [0.29, 0.717) is 16.5 Å². The molecule has 2 rings (SSSR count). The molecule has 86 valence electrons. The second kappa shape index (κ2) is 5.07. The molecule has 1 aromatic rings. The Bertz CT molecular complexity index is 406. The van der Waals surface area contributed by atoms with Crippen molar-refractivity contribution in [3.63, 3.8) is 0 Å². The summed E-state index contributed by atoms with van der Waals surface area (Å²) in [6.45, 7) is 1.66. The predicted molar refractivity (Wildman–Crippen MR) is 66.0 cm³/mol. The van der Waals surface area contributed by atoms with Gasteiger partial charge in [0.2, 0.25) is 5.91 Å². The molecule has 1 heterocycles. The van der Waals surface area contributed by atoms with E-state index in [0.717, 1.165) is 31.5 Å². The van der Waals surface area contributed by atoms with Gasteiger partial charge in [-0.25, -0.2) is 0 Å². The lowest BCUT2D eigenvalue weighted by Crippen LogP contribution is -2.26. The van der Waals surface area contributed by atoms with Crippen molar-refractivity contribution in [2.45, 2.75) is 19.3 Å². The molecule has 1 saturated heterocycles. The Kier molecular flexibility index (Phi) is 3.72. The van der Waals surface area contributed by atoms with E-state index in [9.17, 15) is 4.79 Å². The van der Waals surface area contributed by atoms with Crippen LogP contribution in [0.2, 0.25) is 10.0 Å². The second-order valence-corrected chi connectivity index (χ2v) is 4.80. The zero-order chi connectivity index (χ0) is 11.5. The van der Waals surface area contributed by atoms with Crippen LogP contribution >= 0.6 is 23.2 Å². The predicted octanol–water partition coefficient (Wildman–Crippen LogP) is 3.16. The van der Waals surface area contributed by atoms with Gasteiger partial charge in [0.15, 0.2) is 0 Å². The third-order valence-corrected chi connectivity index (χ3v) is 3.56. The van der Waals surface area contributed by atoms with Crippen molar-refractivity contribution in [2.75, 3.05) is 13.1 Å². The zero-order valence-corrected chi connectivity index (χ0v) is 10.4. The first-order chi connectivity index (χ1) is 7.66. The van der Waals surface area contributed by atoms with Gasteiger partial charge in [0.25, 0.3) is 0 Å². The molecular formula is C12H13Cl2NO. The monoisotopic (exact) mass is 257 g/mol. The Morgan fingerprint density at radius 2 is 2.06 bits per heavy atom. The van der Waals surface area contributed by atoms with Crippen LogP contribution in [-0.2, 0) is 11.2 Å². The summed E-state index contributed by atoms with van der Waals surface area (Å²) in [6, 6.07) is 5.62. The van der Waals surface area contributed by atoms with Crippen LogP contribution in [-0.4, -0.2) is 23.9 Å². The Morgan fingerprint density at radius 1 is 1.25 bits per heavy atom. The number of likely N-dealkylation sites (tertiary alicyclic amines) is 1. The molecule has 4 heteroatoms. The van der Waals surface area contributed by atoms with Gasteiger partial charge in [0, 0.05) is 19.5 Å². The number of nitrogens with zero attached hydrogens (tertiary/aromatic N) is 1. The van der Waals surface area contributed by atoms with Crippen molar-refractivity contribution < 1.29 is 4.79 Å². The third kappa shape index (κ3) is 2.69. The van der Waals surface area contributed by atoms with Crippen molar-refractivity contribution in [1.29, 1.82) is 0 Å². The topological polar surface area (TPSA) is 20.3 Å². The van der Waals surface area contributed by atoms with Gasteiger partial charge in [-0.2, -0.15) is 0 Å². The molecule has 1 amide bonds. The fourth-order valence-electron chi connectivity index (χ4n) is 1.90. The fourth-order valence-corrected chi connectivity index (χ4v) is 2.22. The van der Waals surface area contributed by atoms with Crippen LogP contribution in [0.5, 0.6) is 0 Å². The molecular weight excluding hydrogens is 245 g/mol. The molecule has 0 bridgehead atoms. The molecule has 1 aromatic carbocycles. The van der Waals surface area contributed by atoms with Gasteiger partial charge in [0.05, 0.1) is 10.0 Å². The zero-order valence-electron chi connectivity index (χ0n) is 8.88. The average Bonchev–Trinajstić information content (AvgIpc) is 2.66. The normalized spacial score (nSPS) is 15.9. The van der Waals surface area contributed by atoms with E-state index in [-0.39, 0.29) is 5.91 Å². The van der Waals surface area contributed by atoms with E-state index in [1.807, 2.05) is 17.0 Å². The summed E-state index contributed by atoms with van der Waals surface area (Å²) in [5.74, 6) is 0.264. The van der Waals surface area contributed by atoms with Crippen molar-refractivity contribution >= 4 is 29.1 Å². The van der Waals surface area contributed by atoms with Crippen molar-refractivity contribution in [3.05, 3.63) is 33.8 Å². The molecule has 0 N–H and O–H groups in total. The highest BCUT2D eigenvalue weighted by atomic mass is 35.5. The standard InChI is InChI=1S/C12H13Cl2NO/c13-10-4-3-9(8-11(10)14)5-7-15-6-1-2-12(15)16/h3-4,8H,1-2,5-7H2. The van der Waals surface area contributed by atoms with Gasteiger partial charge >= 0.3 is 0 Å². The first-order valence-corrected chi connectivity index (χ1v) is 6.14. The largest absolute Gasteiger partial charge is 0.342 e. The number of carbonyl (C=O) groups is 1.